The van der Waals surface area contributed by atoms with Gasteiger partial charge in [-0.3, -0.25) is 0 Å². The van der Waals surface area contributed by atoms with Crippen LogP contribution in [0, 0.1) is 0 Å². The predicted molar refractivity (Wildman–Crippen MR) is 156 cm³/mol. The van der Waals surface area contributed by atoms with E-state index >= 15 is 0 Å². The molecule has 0 amide bonds. The Morgan fingerprint density at radius 2 is 1.06 bits per heavy atom. The molecule has 0 bridgehead atoms. The van der Waals surface area contributed by atoms with Crippen LogP contribution < -0.4 is 11.1 Å². The molecule has 0 aromatic heterocycles. The lowest BCUT2D eigenvalue weighted by Crippen LogP contribution is -2.62. The SMILES string of the molecule is COCC1OC(OCC2OC(OCC3OC(OCC(OC(O)CNCCN)C(O)CO)C(O)C(O)C3O)C(O)C(O)C2O)C(O)C(O)C1O. The summed E-state index contributed by atoms with van der Waals surface area (Å²) in [6.07, 6.45) is -29.0. The lowest BCUT2D eigenvalue weighted by molar-refractivity contribution is -0.344. The highest BCUT2D eigenvalue weighted by molar-refractivity contribution is 4.93. The molecule has 3 fully saturated rings. The van der Waals surface area contributed by atoms with Crippen molar-refractivity contribution in [1.82, 2.24) is 5.32 Å². The van der Waals surface area contributed by atoms with Crippen LogP contribution in [0.1, 0.15) is 0 Å². The summed E-state index contributed by atoms with van der Waals surface area (Å²) in [5, 5.41) is 126. The number of hydrogen-bond donors (Lipinski definition) is 14. The molecule has 0 spiro atoms. The maximum Gasteiger partial charge on any atom is 0.186 e. The van der Waals surface area contributed by atoms with E-state index in [0.717, 1.165) is 0 Å². The van der Waals surface area contributed by atoms with E-state index in [2.05, 4.69) is 5.32 Å². The molecule has 0 saturated carbocycles. The Labute approximate surface area is 281 Å². The Kier molecular flexibility index (Phi) is 17.7. The van der Waals surface area contributed by atoms with Crippen LogP contribution in [-0.2, 0) is 37.9 Å². The Hall–Kier alpha value is -0.880. The summed E-state index contributed by atoms with van der Waals surface area (Å²) in [6.45, 7) is -2.19. The number of aliphatic hydroxyl groups is 12. The first kappa shape index (κ1) is 42.5. The second-order valence-corrected chi connectivity index (χ2v) is 11.9. The molecule has 49 heavy (non-hydrogen) atoms. The monoisotopic (exact) mass is 724 g/mol. The van der Waals surface area contributed by atoms with Crippen LogP contribution in [-0.4, -0.2) is 232 Å². The first-order chi connectivity index (χ1) is 23.2. The zero-order valence-electron chi connectivity index (χ0n) is 26.8. The van der Waals surface area contributed by atoms with Gasteiger partial charge in [-0.15, -0.1) is 0 Å². The summed E-state index contributed by atoms with van der Waals surface area (Å²) < 4.78 is 43.2. The van der Waals surface area contributed by atoms with Crippen molar-refractivity contribution in [3.8, 4) is 0 Å². The molecule has 3 heterocycles. The van der Waals surface area contributed by atoms with Crippen molar-refractivity contribution in [3.63, 3.8) is 0 Å². The molecule has 3 aliphatic rings. The van der Waals surface area contributed by atoms with Gasteiger partial charge in [0.15, 0.2) is 25.2 Å². The number of aliphatic hydroxyl groups excluding tert-OH is 12. The number of hydrogen-bond acceptors (Lipinski definition) is 22. The molecular formula is C27H52N2O20. The number of rotatable bonds is 19. The minimum Gasteiger partial charge on any atom is -0.394 e. The minimum absolute atomic E-state index is 0.0784. The van der Waals surface area contributed by atoms with E-state index in [9.17, 15) is 61.3 Å². The second-order valence-electron chi connectivity index (χ2n) is 11.9. The Balaban J connectivity index is 1.59. The van der Waals surface area contributed by atoms with Gasteiger partial charge in [0.2, 0.25) is 0 Å². The van der Waals surface area contributed by atoms with Crippen molar-refractivity contribution in [2.75, 3.05) is 59.8 Å². The summed E-state index contributed by atoms with van der Waals surface area (Å²) in [4.78, 5) is 0. The maximum absolute atomic E-state index is 10.5. The standard InChI is InChI=1S/C27H52N2O20/c1-42-6-12-16(33)19(36)22(39)26(47-12)44-8-14-18(35)21(38)24(41)27(49-14)45-9-13-17(34)20(37)23(40)25(48-13)43-7-11(10(31)5-30)46-15(32)4-29-3-2-28/h10-27,29-41H,2-9,28H2,1H3. The maximum atomic E-state index is 10.5. The molecule has 0 radical (unpaired) electrons. The highest BCUT2D eigenvalue weighted by Gasteiger charge is 2.49. The molecule has 3 rings (SSSR count). The third-order valence-corrected chi connectivity index (χ3v) is 8.20. The lowest BCUT2D eigenvalue weighted by atomic mass is 9.98. The average molecular weight is 725 g/mol. The first-order valence-electron chi connectivity index (χ1n) is 15.7. The molecule has 3 aliphatic heterocycles. The van der Waals surface area contributed by atoms with Gasteiger partial charge < -0.3 is 110 Å². The molecule has 22 heteroatoms. The van der Waals surface area contributed by atoms with Gasteiger partial charge >= 0.3 is 0 Å². The van der Waals surface area contributed by atoms with Crippen LogP contribution in [0.5, 0.6) is 0 Å². The molecule has 18 unspecified atom stereocenters. The molecule has 22 nitrogen and oxygen atoms in total. The minimum atomic E-state index is -1.86. The summed E-state index contributed by atoms with van der Waals surface area (Å²) >= 11 is 0. The van der Waals surface area contributed by atoms with Crippen LogP contribution in [0.4, 0.5) is 0 Å². The third kappa shape index (κ3) is 11.3. The van der Waals surface area contributed by atoms with Gasteiger partial charge in [-0.25, -0.2) is 0 Å². The molecule has 3 saturated heterocycles. The molecule has 0 aromatic rings. The van der Waals surface area contributed by atoms with Gasteiger partial charge in [0.05, 0.1) is 33.0 Å². The summed E-state index contributed by atoms with van der Waals surface area (Å²) in [6, 6.07) is 0. The average Bonchev–Trinajstić information content (AvgIpc) is 3.08. The van der Waals surface area contributed by atoms with Gasteiger partial charge in [-0.1, -0.05) is 0 Å². The Morgan fingerprint density at radius 3 is 1.47 bits per heavy atom. The van der Waals surface area contributed by atoms with E-state index in [1.54, 1.807) is 0 Å². The van der Waals surface area contributed by atoms with Gasteiger partial charge in [0.25, 0.3) is 0 Å². The zero-order valence-corrected chi connectivity index (χ0v) is 26.8. The van der Waals surface area contributed by atoms with E-state index in [4.69, 9.17) is 43.6 Å². The molecule has 290 valence electrons. The van der Waals surface area contributed by atoms with Gasteiger partial charge in [-0.05, 0) is 0 Å². The van der Waals surface area contributed by atoms with Crippen molar-refractivity contribution >= 4 is 0 Å². The highest BCUT2D eigenvalue weighted by atomic mass is 16.7. The molecule has 18 atom stereocenters. The van der Waals surface area contributed by atoms with Crippen LogP contribution in [0.3, 0.4) is 0 Å². The zero-order chi connectivity index (χ0) is 36.4. The van der Waals surface area contributed by atoms with E-state index < -0.39 is 137 Å². The number of nitrogens with two attached hydrogens (primary N) is 1. The van der Waals surface area contributed by atoms with Crippen molar-refractivity contribution in [3.05, 3.63) is 0 Å². The predicted octanol–water partition coefficient (Wildman–Crippen LogP) is -9.29. The van der Waals surface area contributed by atoms with E-state index in [1.807, 2.05) is 0 Å². The van der Waals surface area contributed by atoms with Gasteiger partial charge in [-0.2, -0.15) is 0 Å². The smallest absolute Gasteiger partial charge is 0.186 e. The van der Waals surface area contributed by atoms with Gasteiger partial charge in [0.1, 0.15) is 85.5 Å². The van der Waals surface area contributed by atoms with E-state index in [0.29, 0.717) is 6.54 Å². The molecular weight excluding hydrogens is 672 g/mol. The van der Waals surface area contributed by atoms with Crippen LogP contribution in [0.2, 0.25) is 0 Å². The van der Waals surface area contributed by atoms with E-state index in [1.165, 1.54) is 7.11 Å². The van der Waals surface area contributed by atoms with Crippen LogP contribution in [0.25, 0.3) is 0 Å². The number of methoxy groups -OCH3 is 1. The fraction of sp³-hybridized carbons (Fsp3) is 1.00. The summed E-state index contributed by atoms with van der Waals surface area (Å²) in [5.41, 5.74) is 5.37. The fourth-order valence-electron chi connectivity index (χ4n) is 5.25. The molecule has 15 N–H and O–H groups in total. The van der Waals surface area contributed by atoms with Crippen LogP contribution in [0.15, 0.2) is 0 Å². The first-order valence-corrected chi connectivity index (χ1v) is 15.7. The van der Waals surface area contributed by atoms with Gasteiger partial charge in [0, 0.05) is 26.7 Å². The quantitative estimate of drug-likeness (QED) is 0.0434. The largest absolute Gasteiger partial charge is 0.394 e. The van der Waals surface area contributed by atoms with Crippen molar-refractivity contribution < 1.29 is 99.2 Å². The summed E-state index contributed by atoms with van der Waals surface area (Å²) in [5.74, 6) is 0. The third-order valence-electron chi connectivity index (χ3n) is 8.20. The normalized spacial score (nSPS) is 42.1. The summed E-state index contributed by atoms with van der Waals surface area (Å²) in [7, 11) is 1.32. The van der Waals surface area contributed by atoms with Crippen molar-refractivity contribution in [2.45, 2.75) is 111 Å². The second kappa shape index (κ2) is 20.4. The fourth-order valence-corrected chi connectivity index (χ4v) is 5.25. The Morgan fingerprint density at radius 1 is 0.633 bits per heavy atom. The molecule has 0 aromatic carbocycles. The number of nitrogens with one attached hydrogen (secondary N) is 1. The van der Waals surface area contributed by atoms with Crippen molar-refractivity contribution in [2.24, 2.45) is 5.73 Å². The highest BCUT2D eigenvalue weighted by Crippen LogP contribution is 2.28. The Bertz CT molecular complexity index is 932. The lowest BCUT2D eigenvalue weighted by Gasteiger charge is -2.44. The van der Waals surface area contributed by atoms with Crippen LogP contribution >= 0.6 is 0 Å². The topological polar surface area (TPSA) is 355 Å². The molecule has 0 aliphatic carbocycles. The van der Waals surface area contributed by atoms with E-state index in [-0.39, 0.29) is 19.7 Å². The van der Waals surface area contributed by atoms with Crippen molar-refractivity contribution in [1.29, 1.82) is 0 Å². The number of ether oxygens (including phenoxy) is 8.